The molecule has 2 heterocycles. The summed E-state index contributed by atoms with van der Waals surface area (Å²) in [6.45, 7) is 2.33. The largest absolute Gasteiger partial charge is 0.422 e. The average Bonchev–Trinajstić information content (AvgIpc) is 2.98. The number of aryl methyl sites for hydroxylation is 1. The summed E-state index contributed by atoms with van der Waals surface area (Å²) in [7, 11) is 0. The Morgan fingerprint density at radius 1 is 1.18 bits per heavy atom. The molecule has 0 aliphatic rings. The number of aromatic nitrogens is 1. The van der Waals surface area contributed by atoms with Crippen molar-refractivity contribution in [2.75, 3.05) is 6.54 Å². The summed E-state index contributed by atoms with van der Waals surface area (Å²) in [5.74, 6) is -0.480. The van der Waals surface area contributed by atoms with Crippen LogP contribution < -0.4 is 10.9 Å². The highest BCUT2D eigenvalue weighted by Crippen LogP contribution is 2.28. The molecule has 0 saturated carbocycles. The van der Waals surface area contributed by atoms with E-state index in [-0.39, 0.29) is 5.56 Å². The number of hydrogen-bond donors (Lipinski definition) is 2. The van der Waals surface area contributed by atoms with Crippen LogP contribution in [-0.4, -0.2) is 17.4 Å². The Hall–Kier alpha value is -2.76. The summed E-state index contributed by atoms with van der Waals surface area (Å²) in [6, 6.07) is 12.1. The molecule has 0 saturated heterocycles. The first-order chi connectivity index (χ1) is 13.4. The molecule has 2 aromatic carbocycles. The van der Waals surface area contributed by atoms with Crippen molar-refractivity contribution in [3.05, 3.63) is 79.8 Å². The molecule has 5 nitrogen and oxygen atoms in total. The Morgan fingerprint density at radius 2 is 2.00 bits per heavy atom. The lowest BCUT2D eigenvalue weighted by Crippen LogP contribution is -2.30. The lowest BCUT2D eigenvalue weighted by Gasteiger charge is -2.06. The van der Waals surface area contributed by atoms with E-state index in [1.165, 1.54) is 6.07 Å². The Balaban J connectivity index is 1.53. The van der Waals surface area contributed by atoms with Gasteiger partial charge in [-0.3, -0.25) is 4.79 Å². The number of amides is 1. The second-order valence-corrected chi connectivity index (χ2v) is 7.37. The normalized spacial score (nSPS) is 11.2. The Morgan fingerprint density at radius 3 is 2.82 bits per heavy atom. The standard InChI is InChI=1S/C21H16Cl2N2O3/c1-11-14(15-3-2-4-17(23)19(15)25-11)7-8-24-20(26)16-10-12-9-13(22)5-6-18(12)28-21(16)27/h2-6,9-10,25H,7-8H2,1H3,(H,24,26). The highest BCUT2D eigenvalue weighted by Gasteiger charge is 2.15. The summed E-state index contributed by atoms with van der Waals surface area (Å²) >= 11 is 12.2. The lowest BCUT2D eigenvalue weighted by molar-refractivity contribution is 0.0950. The minimum absolute atomic E-state index is 0.0477. The van der Waals surface area contributed by atoms with Gasteiger partial charge in [-0.05, 0) is 49.2 Å². The number of benzene rings is 2. The van der Waals surface area contributed by atoms with Crippen LogP contribution >= 0.6 is 23.2 Å². The van der Waals surface area contributed by atoms with Crippen molar-refractivity contribution in [2.45, 2.75) is 13.3 Å². The number of hydrogen-bond acceptors (Lipinski definition) is 3. The van der Waals surface area contributed by atoms with Gasteiger partial charge in [-0.15, -0.1) is 0 Å². The third kappa shape index (κ3) is 3.39. The molecule has 0 bridgehead atoms. The molecule has 0 fully saturated rings. The van der Waals surface area contributed by atoms with E-state index in [2.05, 4.69) is 10.3 Å². The van der Waals surface area contributed by atoms with Gasteiger partial charge in [0.1, 0.15) is 11.1 Å². The summed E-state index contributed by atoms with van der Waals surface area (Å²) in [4.78, 5) is 27.9. The lowest BCUT2D eigenvalue weighted by atomic mass is 10.1. The van der Waals surface area contributed by atoms with Gasteiger partial charge in [-0.2, -0.15) is 0 Å². The molecule has 28 heavy (non-hydrogen) atoms. The van der Waals surface area contributed by atoms with Gasteiger partial charge in [0.25, 0.3) is 5.91 Å². The molecule has 0 radical (unpaired) electrons. The van der Waals surface area contributed by atoms with E-state index in [1.54, 1.807) is 18.2 Å². The van der Waals surface area contributed by atoms with Gasteiger partial charge in [0.05, 0.1) is 10.5 Å². The quantitative estimate of drug-likeness (QED) is 0.468. The predicted molar refractivity (Wildman–Crippen MR) is 112 cm³/mol. The van der Waals surface area contributed by atoms with E-state index >= 15 is 0 Å². The van der Waals surface area contributed by atoms with Crippen molar-refractivity contribution >= 4 is 51.0 Å². The SMILES string of the molecule is Cc1[nH]c2c(Cl)cccc2c1CCNC(=O)c1cc2cc(Cl)ccc2oc1=O. The number of carbonyl (C=O) groups excluding carboxylic acids is 1. The predicted octanol–water partition coefficient (Wildman–Crippen LogP) is 4.86. The zero-order valence-electron chi connectivity index (χ0n) is 14.9. The molecule has 142 valence electrons. The number of halogens is 2. The highest BCUT2D eigenvalue weighted by molar-refractivity contribution is 6.35. The number of fused-ring (bicyclic) bond motifs is 2. The van der Waals surface area contributed by atoms with Crippen molar-refractivity contribution < 1.29 is 9.21 Å². The van der Waals surface area contributed by atoms with E-state index in [0.29, 0.717) is 34.0 Å². The minimum atomic E-state index is -0.678. The topological polar surface area (TPSA) is 75.1 Å². The number of aromatic amines is 1. The molecule has 7 heteroatoms. The van der Waals surface area contributed by atoms with Crippen LogP contribution in [0.2, 0.25) is 10.0 Å². The fourth-order valence-corrected chi connectivity index (χ4v) is 3.74. The number of H-pyrrole nitrogens is 1. The first-order valence-electron chi connectivity index (χ1n) is 8.71. The van der Waals surface area contributed by atoms with Crippen LogP contribution in [0.15, 0.2) is 51.7 Å². The molecule has 4 aromatic rings. The number of carbonyl (C=O) groups is 1. The van der Waals surface area contributed by atoms with Crippen LogP contribution in [-0.2, 0) is 6.42 Å². The maximum atomic E-state index is 12.5. The molecule has 0 aliphatic carbocycles. The molecule has 0 spiro atoms. The van der Waals surface area contributed by atoms with Crippen molar-refractivity contribution in [1.82, 2.24) is 10.3 Å². The van der Waals surface area contributed by atoms with Gasteiger partial charge in [0.2, 0.25) is 0 Å². The number of rotatable bonds is 4. The molecule has 0 aliphatic heterocycles. The van der Waals surface area contributed by atoms with Gasteiger partial charge < -0.3 is 14.7 Å². The van der Waals surface area contributed by atoms with E-state index < -0.39 is 11.5 Å². The minimum Gasteiger partial charge on any atom is -0.422 e. The first-order valence-corrected chi connectivity index (χ1v) is 9.47. The maximum Gasteiger partial charge on any atom is 0.349 e. The molecule has 4 rings (SSSR count). The van der Waals surface area contributed by atoms with Crippen molar-refractivity contribution in [3.8, 4) is 0 Å². The van der Waals surface area contributed by atoms with Gasteiger partial charge in [-0.1, -0.05) is 35.3 Å². The molecular weight excluding hydrogens is 399 g/mol. The van der Waals surface area contributed by atoms with Gasteiger partial charge in [-0.25, -0.2) is 4.79 Å². The van der Waals surface area contributed by atoms with Crippen molar-refractivity contribution in [1.29, 1.82) is 0 Å². The smallest absolute Gasteiger partial charge is 0.349 e. The molecule has 2 N–H and O–H groups in total. The van der Waals surface area contributed by atoms with Crippen molar-refractivity contribution in [3.63, 3.8) is 0 Å². The second kappa shape index (κ2) is 7.34. The monoisotopic (exact) mass is 414 g/mol. The summed E-state index contributed by atoms with van der Waals surface area (Å²) in [6.07, 6.45) is 0.600. The molecular formula is C21H16Cl2N2O3. The van der Waals surface area contributed by atoms with Crippen LogP contribution in [0, 0.1) is 6.92 Å². The number of para-hydroxylation sites is 1. The maximum absolute atomic E-state index is 12.5. The zero-order valence-corrected chi connectivity index (χ0v) is 16.4. The van der Waals surface area contributed by atoms with Gasteiger partial charge in [0, 0.05) is 28.0 Å². The van der Waals surface area contributed by atoms with Crippen LogP contribution in [0.1, 0.15) is 21.6 Å². The third-order valence-electron chi connectivity index (χ3n) is 4.70. The Bertz CT molecular complexity index is 1270. The molecule has 2 aromatic heterocycles. The van der Waals surface area contributed by atoms with Crippen LogP contribution in [0.5, 0.6) is 0 Å². The van der Waals surface area contributed by atoms with Gasteiger partial charge in [0.15, 0.2) is 0 Å². The van der Waals surface area contributed by atoms with E-state index in [4.69, 9.17) is 27.6 Å². The molecule has 0 atom stereocenters. The van der Waals surface area contributed by atoms with E-state index in [9.17, 15) is 9.59 Å². The molecule has 1 amide bonds. The zero-order chi connectivity index (χ0) is 19.8. The van der Waals surface area contributed by atoms with Crippen LogP contribution in [0.25, 0.3) is 21.9 Å². The summed E-state index contributed by atoms with van der Waals surface area (Å²) in [5, 5.41) is 5.57. The summed E-state index contributed by atoms with van der Waals surface area (Å²) < 4.78 is 5.22. The highest BCUT2D eigenvalue weighted by atomic mass is 35.5. The fraction of sp³-hybridized carbons (Fsp3) is 0.143. The van der Waals surface area contributed by atoms with E-state index in [1.807, 2.05) is 25.1 Å². The fourth-order valence-electron chi connectivity index (χ4n) is 3.34. The number of nitrogens with one attached hydrogen (secondary N) is 2. The van der Waals surface area contributed by atoms with Crippen molar-refractivity contribution in [2.24, 2.45) is 0 Å². The second-order valence-electron chi connectivity index (χ2n) is 6.53. The van der Waals surface area contributed by atoms with Gasteiger partial charge >= 0.3 is 5.63 Å². The summed E-state index contributed by atoms with van der Waals surface area (Å²) in [5.41, 5.74) is 2.62. The Kier molecular flexibility index (Phi) is 4.87. The Labute approximate surface area is 170 Å². The third-order valence-corrected chi connectivity index (χ3v) is 5.25. The van der Waals surface area contributed by atoms with E-state index in [0.717, 1.165) is 22.2 Å². The first kappa shape index (κ1) is 18.6. The average molecular weight is 415 g/mol. The van der Waals surface area contributed by atoms with Crippen LogP contribution in [0.3, 0.4) is 0 Å². The van der Waals surface area contributed by atoms with Crippen LogP contribution in [0.4, 0.5) is 0 Å². The molecule has 0 unspecified atom stereocenters.